The lowest BCUT2D eigenvalue weighted by atomic mass is 9.49. The third-order valence-corrected chi connectivity index (χ3v) is 31.9. The first kappa shape index (κ1) is 41.8. The van der Waals surface area contributed by atoms with Gasteiger partial charge >= 0.3 is 0 Å². The van der Waals surface area contributed by atoms with Gasteiger partial charge in [0.25, 0.3) is 0 Å². The molecule has 12 aliphatic carbocycles. The van der Waals surface area contributed by atoms with E-state index in [-0.39, 0.29) is 83.2 Å². The van der Waals surface area contributed by atoms with Gasteiger partial charge in [-0.15, -0.1) is 0 Å². The molecule has 30 nitrogen and oxygen atoms in total. The largest absolute Gasteiger partial charge is 0.493 e. The molecule has 12 bridgehead atoms. The zero-order valence-electron chi connectivity index (χ0n) is 144. The van der Waals surface area contributed by atoms with Crippen LogP contribution in [-0.4, -0.2) is 333 Å². The Kier molecular flexibility index (Phi) is 9.10. The molecule has 6 aromatic rings. The van der Waals surface area contributed by atoms with Crippen LogP contribution in [0.3, 0.4) is 0 Å². The molecule has 6 spiro atoms. The van der Waals surface area contributed by atoms with Crippen molar-refractivity contribution in [3.05, 3.63) is 139 Å². The summed E-state index contributed by atoms with van der Waals surface area (Å²) in [5.74, 6) is -13.7. The quantitative estimate of drug-likeness (QED) is 0.0784. The monoisotopic (exact) mass is 1960 g/mol. The third-order valence-electron chi connectivity index (χ3n) is 31.9. The molecule has 6 saturated carbocycles. The van der Waals surface area contributed by atoms with Crippen molar-refractivity contribution in [1.82, 2.24) is 29.4 Å². The van der Waals surface area contributed by atoms with Gasteiger partial charge in [-0.05, 0) is 266 Å². The van der Waals surface area contributed by atoms with Gasteiger partial charge in [-0.25, -0.2) is 0 Å². The highest BCUT2D eigenvalue weighted by Crippen LogP contribution is 2.73. The fourth-order valence-electron chi connectivity index (χ4n) is 25.8. The van der Waals surface area contributed by atoms with E-state index in [0.717, 1.165) is 7.11 Å². The molecule has 12 aliphatic heterocycles. The van der Waals surface area contributed by atoms with Crippen LogP contribution in [0.5, 0.6) is 69.0 Å². The Bertz CT molecular complexity index is 9860. The fourth-order valence-corrected chi connectivity index (χ4v) is 25.8. The Hall–Kier alpha value is -9.54. The first-order valence-electron chi connectivity index (χ1n) is 78.8. The molecule has 6 unspecified atom stereocenters. The van der Waals surface area contributed by atoms with Crippen molar-refractivity contribution in [3.8, 4) is 69.0 Å². The Morgan fingerprint density at radius 3 is 0.696 bits per heavy atom. The molecule has 732 valence electrons. The van der Waals surface area contributed by atoms with Gasteiger partial charge < -0.3 is 117 Å². The van der Waals surface area contributed by atoms with Crippen LogP contribution < -0.4 is 56.8 Å². The van der Waals surface area contributed by atoms with E-state index >= 15 is 0 Å². The van der Waals surface area contributed by atoms with Gasteiger partial charge in [-0.2, -0.15) is 0 Å². The second-order valence-electron chi connectivity index (χ2n) is 37.2. The van der Waals surface area contributed by atoms with Crippen molar-refractivity contribution >= 4 is 34.7 Å². The number of Topliss-reactive ketones (excluding diaryl/α,β-unsaturated/α-hetero) is 6. The average Bonchev–Trinajstić information content (AvgIpc) is 1.45. The van der Waals surface area contributed by atoms with E-state index < -0.39 is 540 Å². The summed E-state index contributed by atoms with van der Waals surface area (Å²) in [4.78, 5) is 84.7. The van der Waals surface area contributed by atoms with Crippen LogP contribution in [0.1, 0.15) is 271 Å². The fraction of sp³-hybridized carbons (Fsp3) is 0.611. The summed E-state index contributed by atoms with van der Waals surface area (Å²) in [6, 6.07) is -26.8. The molecule has 12 fully saturated rings. The van der Waals surface area contributed by atoms with E-state index in [4.69, 9.17) is 171 Å². The molecule has 6 aromatic carbocycles. The summed E-state index contributed by atoms with van der Waals surface area (Å²) in [5, 5.41) is 30.6. The van der Waals surface area contributed by atoms with Crippen LogP contribution in [0.4, 0.5) is 0 Å². The zero-order chi connectivity index (χ0) is 157. The van der Waals surface area contributed by atoms with E-state index in [0.29, 0.717) is 19.6 Å². The number of hydrogen-bond donors (Lipinski definition) is 6. The van der Waals surface area contributed by atoms with Gasteiger partial charge in [0.1, 0.15) is 0 Å². The predicted molar refractivity (Wildman–Crippen MR) is 498 cm³/mol. The number of aliphatic hydroxyl groups is 6. The Labute approximate surface area is 902 Å². The maximum atomic E-state index is 13.5. The van der Waals surface area contributed by atoms with Crippen LogP contribution >= 0.6 is 0 Å². The highest BCUT2D eigenvalue weighted by molar-refractivity contribution is 5.95. The molecule has 30 rings (SSSR count). The molecule has 0 amide bonds. The molecule has 6 N–H and O–H groups in total. The number of piperidine rings is 6. The van der Waals surface area contributed by atoms with Crippen LogP contribution in [0.25, 0.3) is 0 Å². The number of ketones is 6. The summed E-state index contributed by atoms with van der Waals surface area (Å²) in [6.07, 6.45) is -55.1. The smallest absolute Gasteiger partial charge is 0.211 e. The van der Waals surface area contributed by atoms with Gasteiger partial charge in [-0.3, -0.25) is 28.8 Å². The van der Waals surface area contributed by atoms with Crippen LogP contribution in [0.2, 0.25) is 0 Å². The first-order chi connectivity index (χ1) is 94.8. The number of nitrogens with zero attached hydrogens (tertiary/aromatic N) is 6. The van der Waals surface area contributed by atoms with Crippen molar-refractivity contribution in [1.29, 1.82) is 8.59 Å². The van der Waals surface area contributed by atoms with E-state index in [1.807, 2.05) is 0 Å². The van der Waals surface area contributed by atoms with Crippen LogP contribution in [0.15, 0.2) is 72.5 Å². The molecule has 138 heavy (non-hydrogen) atoms. The van der Waals surface area contributed by atoms with Gasteiger partial charge in [-0.1, -0.05) is 36.3 Å². The van der Waals surface area contributed by atoms with Gasteiger partial charge in [0.15, 0.2) is 140 Å². The first-order valence-corrected chi connectivity index (χ1v) is 43.9. The van der Waals surface area contributed by atoms with Crippen LogP contribution in [0, 0.1) is 0 Å². The van der Waals surface area contributed by atoms with Gasteiger partial charge in [0.2, 0.25) is 8.59 Å². The number of likely N-dealkylation sites (tertiary alicyclic amines) is 6. The summed E-state index contributed by atoms with van der Waals surface area (Å²) in [5.41, 5.74) is -33.7. The summed E-state index contributed by atoms with van der Waals surface area (Å²) < 4.78 is 665. The highest BCUT2D eigenvalue weighted by Gasteiger charge is 2.80. The number of rotatable bonds is 12. The molecule has 0 radical (unpaired) electrons. The highest BCUT2D eigenvalue weighted by atomic mass is 16.6. The molecule has 6 saturated heterocycles. The van der Waals surface area contributed by atoms with Gasteiger partial charge in [0, 0.05) is 152 Å². The molecule has 24 atom stereocenters. The third kappa shape index (κ3) is 10.5. The number of carbonyl (C=O) groups excluding carboxylic acids is 6. The van der Waals surface area contributed by atoms with Crippen molar-refractivity contribution < 1.29 is 205 Å². The SMILES string of the molecule is [2H]O[C@@]12CC([2H])([2H])C(=O)C3([2H])Oc4c(OC([2H])([2H])[2H])c([2H])c([2H])c5c4[C@@]31CCN(C([2H])([2H])[2H])[C@]2([2H])C5([2H])[2H].[2H]O[C@@]12CC([2H])([2H])C(=O)C3([2H])Oc4c(OC([2H])([2H])[2H])c([2H])c([2H])c5c4[C@@]31CCN(C)[C@]2([2H])C5([2H])[2H].[2H]O[C@@]12CC([2H])([2H])C(=O)C3([2H])Oc4c(OC)c([2H])c([2H])c5c4[C@@]31CCN(C([2H])([2H])[2H])[C@]2([2H])C5([2H])[2H].[2H]O[C@@]12CC([2H])([2H])C(=O)C3([2H])Oc4c(OC)c([2H])c([2H])c5c4[C@@]31CCN(C)[C@]2([2H])C5([2H])[2H].[2H]O[C@@]12CCC(=O)C3([2H])Oc4c(OC([2H])([2H])[2H])c([2H])c([2H])c5c4[C@@]31CCN(C([2H])([2H])[2H])[C@]2([2H])C5([2H])[2H].[2H]O[C@@]12CCC(=O)C3([2H])Oc4c(OC)c([2H])c([2H])c5c4[C@@]31CCN(C([2H])([2H])[2H])[C@]2([2H])C5([2H])[2H]. The maximum Gasteiger partial charge on any atom is 0.211 e. The topological polar surface area (TPSA) is 354 Å². The minimum Gasteiger partial charge on any atom is -0.493 e. The number of likely N-dealkylation sites (N-methyl/N-ethyl adjacent to an activating group) is 6. The van der Waals surface area contributed by atoms with E-state index in [2.05, 4.69) is 0 Å². The number of ether oxygens (including phenoxy) is 12. The Balaban J connectivity index is 0.000000120. The van der Waals surface area contributed by atoms with E-state index in [9.17, 15) is 42.5 Å². The second kappa shape index (κ2) is 30.0. The second-order valence-corrected chi connectivity index (χ2v) is 37.2. The molecule has 12 heterocycles. The molecule has 24 aliphatic rings. The van der Waals surface area contributed by atoms with Gasteiger partial charge in [0.05, 0.1) is 154 Å². The van der Waals surface area contributed by atoms with Crippen molar-refractivity contribution in [2.24, 2.45) is 0 Å². The molecular formula is C108H126N6O24. The minimum atomic E-state index is -3.33. The lowest BCUT2D eigenvalue weighted by Gasteiger charge is -2.62. The minimum absolute atomic E-state index is 0.0194. The lowest BCUT2D eigenvalue weighted by molar-refractivity contribution is -0.185. The van der Waals surface area contributed by atoms with Crippen LogP contribution in [-0.2, 0) is 99.5 Å². The molecule has 30 heteroatoms. The lowest BCUT2D eigenvalue weighted by Crippen LogP contribution is -2.76. The standard InChI is InChI=1S/6C18H21NO4/c6*1-19-8-7-17-14-10-3-4-12(22-2)15(14)23-16(17)11(20)5-6-18(17,21)13(19)9-10/h6*3-4,13,16,21H,5-9H2,1-2H3/t6*13-,16?,17+,18-/m111111/s1/i1D3,2D3,3D,4D,5D2,9D2,13D,16D,21D;2D3,3D,4D,5D2,9D2,13D,16D,21D;1D3,3D,4D,5D2,9D2,13D,16D,21D;1D3,2D3,3D,4D,9D2,13D,16D,21D;3D,4D,5D2,9D2,13D,16D,21D;1D3,3D,4D,9D2,13D,16D,21D. The number of hydrogen-bond acceptors (Lipinski definition) is 30. The number of methoxy groups -OCH3 is 6. The predicted octanol–water partition coefficient (Wildman–Crippen LogP) is 6.29. The number of carbonyl (C=O) groups is 6. The maximum absolute atomic E-state index is 13.5. The average molecular weight is 1960 g/mol. The van der Waals surface area contributed by atoms with E-state index in [1.54, 1.807) is 0 Å². The Morgan fingerprint density at radius 2 is 0.493 bits per heavy atom. The summed E-state index contributed by atoms with van der Waals surface area (Å²) in [7, 11) is -3.23. The van der Waals surface area contributed by atoms with E-state index in [1.165, 1.54) is 38.1 Å². The van der Waals surface area contributed by atoms with Crippen molar-refractivity contribution in [2.45, 2.75) is 292 Å². The molecular weight excluding hydrogens is 1770 g/mol. The normalized spacial score (nSPS) is 58.7. The molecule has 0 aromatic heterocycles. The number of benzene rings is 6. The zero-order valence-corrected chi connectivity index (χ0v) is 73.1. The Morgan fingerprint density at radius 1 is 0.297 bits per heavy atom. The van der Waals surface area contributed by atoms with Crippen molar-refractivity contribution in [2.75, 3.05) is 124 Å². The van der Waals surface area contributed by atoms with Crippen molar-refractivity contribution in [3.63, 3.8) is 0 Å². The summed E-state index contributed by atoms with van der Waals surface area (Å²) >= 11 is 0. The summed E-state index contributed by atoms with van der Waals surface area (Å²) in [6.45, 7) is -14.7.